The average molecular weight is 290 g/mol. The molecule has 2 unspecified atom stereocenters. The summed E-state index contributed by atoms with van der Waals surface area (Å²) in [7, 11) is 0. The first kappa shape index (κ1) is 15.5. The number of hydrogen-bond donors (Lipinski definition) is 2. The number of amides is 1. The van der Waals surface area contributed by atoms with Crippen molar-refractivity contribution in [3.63, 3.8) is 0 Å². The summed E-state index contributed by atoms with van der Waals surface area (Å²) < 4.78 is 0. The lowest BCUT2D eigenvalue weighted by atomic mass is 10.1. The van der Waals surface area contributed by atoms with Crippen LogP contribution in [0.1, 0.15) is 31.7 Å². The van der Waals surface area contributed by atoms with E-state index in [2.05, 4.69) is 0 Å². The van der Waals surface area contributed by atoms with Crippen molar-refractivity contribution in [3.8, 4) is 0 Å². The van der Waals surface area contributed by atoms with Crippen LogP contribution in [-0.2, 0) is 16.1 Å². The van der Waals surface area contributed by atoms with E-state index in [1.807, 2.05) is 37.3 Å². The molecule has 0 saturated heterocycles. The Bertz CT molecular complexity index is 500. The summed E-state index contributed by atoms with van der Waals surface area (Å²) in [6.45, 7) is 2.50. The number of nitrogens with two attached hydrogens (primary N) is 1. The van der Waals surface area contributed by atoms with E-state index in [-0.39, 0.29) is 18.4 Å². The van der Waals surface area contributed by atoms with Crippen LogP contribution in [0.15, 0.2) is 30.3 Å². The average Bonchev–Trinajstić information content (AvgIpc) is 3.28. The molecule has 1 aliphatic rings. The van der Waals surface area contributed by atoms with Gasteiger partial charge < -0.3 is 15.7 Å². The Morgan fingerprint density at radius 2 is 1.95 bits per heavy atom. The Hall–Kier alpha value is -1.88. The molecule has 3 N–H and O–H groups in total. The minimum Gasteiger partial charge on any atom is -0.481 e. The topological polar surface area (TPSA) is 83.6 Å². The van der Waals surface area contributed by atoms with E-state index in [1.54, 1.807) is 4.90 Å². The fraction of sp³-hybridized carbons (Fsp3) is 0.500. The number of hydrogen-bond acceptors (Lipinski definition) is 3. The zero-order valence-corrected chi connectivity index (χ0v) is 12.2. The van der Waals surface area contributed by atoms with Gasteiger partial charge in [-0.1, -0.05) is 30.3 Å². The van der Waals surface area contributed by atoms with E-state index >= 15 is 0 Å². The van der Waals surface area contributed by atoms with Gasteiger partial charge in [-0.25, -0.2) is 0 Å². The Labute approximate surface area is 124 Å². The van der Waals surface area contributed by atoms with Crippen LogP contribution in [0.3, 0.4) is 0 Å². The number of aliphatic carboxylic acids is 1. The van der Waals surface area contributed by atoms with Crippen molar-refractivity contribution >= 4 is 11.9 Å². The number of carboxylic acid groups (broad SMARTS) is 1. The van der Waals surface area contributed by atoms with Crippen LogP contribution in [0.5, 0.6) is 0 Å². The summed E-state index contributed by atoms with van der Waals surface area (Å²) in [6, 6.07) is 8.82. The van der Waals surface area contributed by atoms with E-state index in [1.165, 1.54) is 0 Å². The van der Waals surface area contributed by atoms with Gasteiger partial charge in [-0.05, 0) is 31.2 Å². The van der Waals surface area contributed by atoms with Crippen molar-refractivity contribution in [2.24, 2.45) is 11.7 Å². The molecular formula is C16H22N2O3. The van der Waals surface area contributed by atoms with Crippen LogP contribution in [0.2, 0.25) is 0 Å². The molecule has 5 heteroatoms. The quantitative estimate of drug-likeness (QED) is 0.799. The van der Waals surface area contributed by atoms with Crippen LogP contribution in [-0.4, -0.2) is 34.0 Å². The molecule has 2 rings (SSSR count). The summed E-state index contributed by atoms with van der Waals surface area (Å²) >= 11 is 0. The molecule has 1 fully saturated rings. The standard InChI is InChI=1S/C16H22N2O3/c1-11(13-7-8-13)18(10-12-5-3-2-4-6-12)16(21)14(17)9-15(19)20/h2-6,11,13-14H,7-10,17H2,1H3,(H,19,20). The zero-order valence-electron chi connectivity index (χ0n) is 12.2. The van der Waals surface area contributed by atoms with Gasteiger partial charge in [-0.2, -0.15) is 0 Å². The maximum absolute atomic E-state index is 12.5. The third kappa shape index (κ3) is 4.29. The zero-order chi connectivity index (χ0) is 15.4. The van der Waals surface area contributed by atoms with Crippen molar-refractivity contribution in [1.29, 1.82) is 0 Å². The van der Waals surface area contributed by atoms with Crippen LogP contribution in [0.25, 0.3) is 0 Å². The lowest BCUT2D eigenvalue weighted by Crippen LogP contribution is -2.48. The molecule has 0 heterocycles. The van der Waals surface area contributed by atoms with Gasteiger partial charge in [0.2, 0.25) is 5.91 Å². The maximum atomic E-state index is 12.5. The number of carbonyl (C=O) groups is 2. The summed E-state index contributed by atoms with van der Waals surface area (Å²) in [4.78, 5) is 25.0. The molecule has 1 aliphatic carbocycles. The number of carbonyl (C=O) groups excluding carboxylic acids is 1. The van der Waals surface area contributed by atoms with Crippen LogP contribution < -0.4 is 5.73 Å². The molecule has 0 aliphatic heterocycles. The highest BCUT2D eigenvalue weighted by Crippen LogP contribution is 2.35. The highest BCUT2D eigenvalue weighted by Gasteiger charge is 2.36. The van der Waals surface area contributed by atoms with E-state index in [4.69, 9.17) is 10.8 Å². The Morgan fingerprint density at radius 3 is 2.48 bits per heavy atom. The fourth-order valence-corrected chi connectivity index (χ4v) is 2.52. The lowest BCUT2D eigenvalue weighted by Gasteiger charge is -2.31. The van der Waals surface area contributed by atoms with E-state index < -0.39 is 12.0 Å². The van der Waals surface area contributed by atoms with Crippen molar-refractivity contribution in [1.82, 2.24) is 4.90 Å². The number of rotatable bonds is 7. The lowest BCUT2D eigenvalue weighted by molar-refractivity contribution is -0.143. The molecular weight excluding hydrogens is 268 g/mol. The molecule has 5 nitrogen and oxygen atoms in total. The third-order valence-electron chi connectivity index (χ3n) is 3.99. The first-order valence-electron chi connectivity index (χ1n) is 7.31. The number of benzene rings is 1. The normalized spacial score (nSPS) is 17.0. The van der Waals surface area contributed by atoms with Crippen molar-refractivity contribution < 1.29 is 14.7 Å². The molecule has 1 aromatic carbocycles. The SMILES string of the molecule is CC(C1CC1)N(Cc1ccccc1)C(=O)C(N)CC(=O)O. The van der Waals surface area contributed by atoms with Crippen LogP contribution >= 0.6 is 0 Å². The van der Waals surface area contributed by atoms with Gasteiger partial charge in [0.1, 0.15) is 0 Å². The molecule has 1 saturated carbocycles. The second-order valence-electron chi connectivity index (χ2n) is 5.73. The monoisotopic (exact) mass is 290 g/mol. The smallest absolute Gasteiger partial charge is 0.305 e. The predicted molar refractivity (Wildman–Crippen MR) is 79.4 cm³/mol. The summed E-state index contributed by atoms with van der Waals surface area (Å²) in [5.74, 6) is -0.815. The van der Waals surface area contributed by atoms with Crippen LogP contribution in [0, 0.1) is 5.92 Å². The highest BCUT2D eigenvalue weighted by molar-refractivity contribution is 5.86. The molecule has 21 heavy (non-hydrogen) atoms. The van der Waals surface area contributed by atoms with Crippen molar-refractivity contribution in [2.45, 2.75) is 44.8 Å². The second kappa shape index (κ2) is 6.72. The molecule has 0 spiro atoms. The highest BCUT2D eigenvalue weighted by atomic mass is 16.4. The number of carboxylic acids is 1. The molecule has 0 radical (unpaired) electrons. The first-order valence-corrected chi connectivity index (χ1v) is 7.31. The molecule has 1 amide bonds. The van der Waals surface area contributed by atoms with Crippen molar-refractivity contribution in [3.05, 3.63) is 35.9 Å². The van der Waals surface area contributed by atoms with Crippen molar-refractivity contribution in [2.75, 3.05) is 0 Å². The van der Waals surface area contributed by atoms with E-state index in [0.717, 1.165) is 18.4 Å². The van der Waals surface area contributed by atoms with Gasteiger partial charge in [-0.3, -0.25) is 9.59 Å². The van der Waals surface area contributed by atoms with Crippen LogP contribution in [0.4, 0.5) is 0 Å². The van der Waals surface area contributed by atoms with Gasteiger partial charge in [0.15, 0.2) is 0 Å². The second-order valence-corrected chi connectivity index (χ2v) is 5.73. The van der Waals surface area contributed by atoms with Gasteiger partial charge >= 0.3 is 5.97 Å². The molecule has 0 bridgehead atoms. The predicted octanol–water partition coefficient (Wildman–Crippen LogP) is 1.62. The largest absolute Gasteiger partial charge is 0.481 e. The molecule has 114 valence electrons. The first-order chi connectivity index (χ1) is 9.99. The summed E-state index contributed by atoms with van der Waals surface area (Å²) in [6.07, 6.45) is 1.91. The number of nitrogens with zero attached hydrogens (tertiary/aromatic N) is 1. The Balaban J connectivity index is 2.11. The Kier molecular flexibility index (Phi) is 4.96. The van der Waals surface area contributed by atoms with Gasteiger partial charge in [-0.15, -0.1) is 0 Å². The van der Waals surface area contributed by atoms with Gasteiger partial charge in [0, 0.05) is 12.6 Å². The Morgan fingerprint density at radius 1 is 1.33 bits per heavy atom. The van der Waals surface area contributed by atoms with Gasteiger partial charge in [0.25, 0.3) is 0 Å². The summed E-state index contributed by atoms with van der Waals surface area (Å²) in [5.41, 5.74) is 6.79. The molecule has 2 atom stereocenters. The molecule has 1 aromatic rings. The minimum absolute atomic E-state index is 0.0950. The van der Waals surface area contributed by atoms with E-state index in [9.17, 15) is 9.59 Å². The van der Waals surface area contributed by atoms with E-state index in [0.29, 0.717) is 12.5 Å². The summed E-state index contributed by atoms with van der Waals surface area (Å²) in [5, 5.41) is 8.81. The third-order valence-corrected chi connectivity index (χ3v) is 3.99. The minimum atomic E-state index is -1.05. The maximum Gasteiger partial charge on any atom is 0.305 e. The fourth-order valence-electron chi connectivity index (χ4n) is 2.52. The molecule has 0 aromatic heterocycles. The van der Waals surface area contributed by atoms with Gasteiger partial charge in [0.05, 0.1) is 12.5 Å².